The molecule has 0 spiro atoms. The van der Waals surface area contributed by atoms with Gasteiger partial charge in [-0.1, -0.05) is 30.3 Å². The van der Waals surface area contributed by atoms with E-state index in [1.165, 1.54) is 4.90 Å². The first kappa shape index (κ1) is 20.4. The van der Waals surface area contributed by atoms with Gasteiger partial charge < -0.3 is 15.4 Å². The molecule has 1 fully saturated rings. The Balaban J connectivity index is 1.49. The Morgan fingerprint density at radius 3 is 2.55 bits per heavy atom. The van der Waals surface area contributed by atoms with Crippen LogP contribution in [0.1, 0.15) is 24.0 Å². The molecule has 2 aromatic carbocycles. The number of ether oxygens (including phenoxy) is 1. The highest BCUT2D eigenvalue weighted by molar-refractivity contribution is 6.04. The number of para-hydroxylation sites is 1. The summed E-state index contributed by atoms with van der Waals surface area (Å²) in [6.07, 6.45) is 0.975. The molecule has 2 N–H and O–H groups in total. The predicted octanol–water partition coefficient (Wildman–Crippen LogP) is 2.89. The smallest absolute Gasteiger partial charge is 0.324 e. The fourth-order valence-corrected chi connectivity index (χ4v) is 3.22. The third kappa shape index (κ3) is 5.13. The van der Waals surface area contributed by atoms with Crippen molar-refractivity contribution in [3.63, 3.8) is 0 Å². The molecule has 2 aromatic rings. The van der Waals surface area contributed by atoms with Crippen molar-refractivity contribution in [3.8, 4) is 5.75 Å². The number of imide groups is 1. The number of urea groups is 1. The molecule has 0 aliphatic carbocycles. The molecule has 0 unspecified atom stereocenters. The number of amides is 4. The van der Waals surface area contributed by atoms with Gasteiger partial charge in [-0.05, 0) is 49.1 Å². The molecule has 3 rings (SSSR count). The first-order valence-electron chi connectivity index (χ1n) is 9.58. The average molecular weight is 395 g/mol. The summed E-state index contributed by atoms with van der Waals surface area (Å²) in [6, 6.07) is 13.9. The summed E-state index contributed by atoms with van der Waals surface area (Å²) in [6.45, 7) is 2.21. The second-order valence-electron chi connectivity index (χ2n) is 6.99. The van der Waals surface area contributed by atoms with Crippen molar-refractivity contribution in [2.45, 2.75) is 32.2 Å². The van der Waals surface area contributed by atoms with Gasteiger partial charge in [-0.2, -0.15) is 0 Å². The monoisotopic (exact) mass is 395 g/mol. The highest BCUT2D eigenvalue weighted by atomic mass is 16.5. The molecule has 0 aromatic heterocycles. The van der Waals surface area contributed by atoms with Crippen molar-refractivity contribution in [1.82, 2.24) is 10.2 Å². The Morgan fingerprint density at radius 1 is 1.14 bits per heavy atom. The first-order valence-corrected chi connectivity index (χ1v) is 9.58. The maximum Gasteiger partial charge on any atom is 0.324 e. The molecule has 29 heavy (non-hydrogen) atoms. The van der Waals surface area contributed by atoms with E-state index in [-0.39, 0.29) is 24.7 Å². The highest BCUT2D eigenvalue weighted by Gasteiger charge is 2.37. The fourth-order valence-electron chi connectivity index (χ4n) is 3.22. The van der Waals surface area contributed by atoms with Gasteiger partial charge in [0.25, 0.3) is 5.91 Å². The SMILES string of the molecule is COc1ccc(CCN2C(=O)N[C@@H](CCC(=O)Nc3ccccc3C)C2=O)cc1. The molecular weight excluding hydrogens is 370 g/mol. The first-order chi connectivity index (χ1) is 14.0. The van der Waals surface area contributed by atoms with Gasteiger partial charge in [-0.3, -0.25) is 14.5 Å². The van der Waals surface area contributed by atoms with E-state index in [1.54, 1.807) is 7.11 Å². The average Bonchev–Trinajstić information content (AvgIpc) is 3.00. The maximum absolute atomic E-state index is 12.6. The maximum atomic E-state index is 12.6. The van der Waals surface area contributed by atoms with Gasteiger partial charge in [0, 0.05) is 18.7 Å². The Kier molecular flexibility index (Phi) is 6.49. The number of carbonyl (C=O) groups is 3. The zero-order valence-corrected chi connectivity index (χ0v) is 16.6. The van der Waals surface area contributed by atoms with Crippen LogP contribution in [0.5, 0.6) is 5.75 Å². The number of methoxy groups -OCH3 is 1. The zero-order valence-electron chi connectivity index (χ0n) is 16.6. The second kappa shape index (κ2) is 9.23. The quantitative estimate of drug-likeness (QED) is 0.673. The fraction of sp³-hybridized carbons (Fsp3) is 0.318. The molecule has 1 aliphatic heterocycles. The highest BCUT2D eigenvalue weighted by Crippen LogP contribution is 2.17. The Morgan fingerprint density at radius 2 is 1.86 bits per heavy atom. The summed E-state index contributed by atoms with van der Waals surface area (Å²) in [5, 5.41) is 5.52. The number of nitrogens with zero attached hydrogens (tertiary/aromatic N) is 1. The number of aryl methyl sites for hydroxylation is 1. The molecule has 7 nitrogen and oxygen atoms in total. The molecule has 0 saturated carbocycles. The summed E-state index contributed by atoms with van der Waals surface area (Å²) in [7, 11) is 1.60. The van der Waals surface area contributed by atoms with Crippen LogP contribution in [0.4, 0.5) is 10.5 Å². The molecule has 152 valence electrons. The number of carbonyl (C=O) groups excluding carboxylic acids is 3. The van der Waals surface area contributed by atoms with Crippen LogP contribution in [0.25, 0.3) is 0 Å². The van der Waals surface area contributed by atoms with Gasteiger partial charge in [0.05, 0.1) is 7.11 Å². The summed E-state index contributed by atoms with van der Waals surface area (Å²) in [5.74, 6) is 0.290. The van der Waals surface area contributed by atoms with Crippen LogP contribution in [0, 0.1) is 6.92 Å². The van der Waals surface area contributed by atoms with Crippen LogP contribution >= 0.6 is 0 Å². The van der Waals surface area contributed by atoms with Crippen molar-refractivity contribution in [3.05, 3.63) is 59.7 Å². The largest absolute Gasteiger partial charge is 0.497 e. The van der Waals surface area contributed by atoms with Crippen molar-refractivity contribution in [2.75, 3.05) is 19.0 Å². The Labute approximate surface area is 170 Å². The van der Waals surface area contributed by atoms with E-state index < -0.39 is 12.1 Å². The number of benzene rings is 2. The van der Waals surface area contributed by atoms with E-state index in [9.17, 15) is 14.4 Å². The van der Waals surface area contributed by atoms with E-state index in [0.29, 0.717) is 13.0 Å². The number of hydrogen-bond acceptors (Lipinski definition) is 4. The van der Waals surface area contributed by atoms with Crippen molar-refractivity contribution < 1.29 is 19.1 Å². The molecule has 1 aliphatic rings. The molecule has 4 amide bonds. The molecular formula is C22H25N3O4. The van der Waals surface area contributed by atoms with Crippen molar-refractivity contribution in [2.24, 2.45) is 0 Å². The lowest BCUT2D eigenvalue weighted by molar-refractivity contribution is -0.127. The Bertz CT molecular complexity index is 895. The lowest BCUT2D eigenvalue weighted by Crippen LogP contribution is -2.33. The molecule has 1 heterocycles. The summed E-state index contributed by atoms with van der Waals surface area (Å²) in [4.78, 5) is 38.1. The van der Waals surface area contributed by atoms with Crippen LogP contribution in [0.3, 0.4) is 0 Å². The van der Waals surface area contributed by atoms with Crippen LogP contribution in [0.2, 0.25) is 0 Å². The Hall–Kier alpha value is -3.35. The number of nitrogens with one attached hydrogen (secondary N) is 2. The third-order valence-corrected chi connectivity index (χ3v) is 4.97. The molecule has 7 heteroatoms. The topological polar surface area (TPSA) is 87.7 Å². The lowest BCUT2D eigenvalue weighted by Gasteiger charge is -2.13. The zero-order chi connectivity index (χ0) is 20.8. The van der Waals surface area contributed by atoms with Gasteiger partial charge in [0.1, 0.15) is 11.8 Å². The van der Waals surface area contributed by atoms with E-state index in [4.69, 9.17) is 4.74 Å². The van der Waals surface area contributed by atoms with E-state index in [0.717, 1.165) is 22.6 Å². The minimum atomic E-state index is -0.666. The van der Waals surface area contributed by atoms with Gasteiger partial charge in [0.15, 0.2) is 0 Å². The van der Waals surface area contributed by atoms with Crippen molar-refractivity contribution in [1.29, 1.82) is 0 Å². The van der Waals surface area contributed by atoms with E-state index >= 15 is 0 Å². The van der Waals surface area contributed by atoms with Gasteiger partial charge >= 0.3 is 6.03 Å². The van der Waals surface area contributed by atoms with Crippen LogP contribution in [-0.2, 0) is 16.0 Å². The second-order valence-corrected chi connectivity index (χ2v) is 6.99. The standard InChI is InChI=1S/C22H25N3O4/c1-15-5-3-4-6-18(15)23-20(26)12-11-19-21(27)25(22(28)24-19)14-13-16-7-9-17(29-2)10-8-16/h3-10,19H,11-14H2,1-2H3,(H,23,26)(H,24,28)/t19-/m0/s1. The summed E-state index contributed by atoms with van der Waals surface area (Å²) >= 11 is 0. The minimum absolute atomic E-state index is 0.150. The van der Waals surface area contributed by atoms with Crippen molar-refractivity contribution >= 4 is 23.5 Å². The minimum Gasteiger partial charge on any atom is -0.497 e. The summed E-state index contributed by atoms with van der Waals surface area (Å²) in [5.41, 5.74) is 2.73. The molecule has 1 saturated heterocycles. The number of hydrogen-bond donors (Lipinski definition) is 2. The normalized spacial score (nSPS) is 15.9. The van der Waals surface area contributed by atoms with E-state index in [2.05, 4.69) is 10.6 Å². The predicted molar refractivity (Wildman–Crippen MR) is 110 cm³/mol. The van der Waals surface area contributed by atoms with E-state index in [1.807, 2.05) is 55.5 Å². The van der Waals surface area contributed by atoms with Gasteiger partial charge in [0.2, 0.25) is 5.91 Å². The number of anilines is 1. The summed E-state index contributed by atoms with van der Waals surface area (Å²) < 4.78 is 5.12. The lowest BCUT2D eigenvalue weighted by atomic mass is 10.1. The molecule has 1 atom stereocenters. The van der Waals surface area contributed by atoms with Crippen LogP contribution in [0.15, 0.2) is 48.5 Å². The van der Waals surface area contributed by atoms with Gasteiger partial charge in [-0.25, -0.2) is 4.79 Å². The molecule has 0 bridgehead atoms. The van der Waals surface area contributed by atoms with Crippen LogP contribution in [-0.4, -0.2) is 42.4 Å². The third-order valence-electron chi connectivity index (χ3n) is 4.97. The van der Waals surface area contributed by atoms with Crippen LogP contribution < -0.4 is 15.4 Å². The number of rotatable bonds is 8. The molecule has 0 radical (unpaired) electrons. The van der Waals surface area contributed by atoms with Gasteiger partial charge in [-0.15, -0.1) is 0 Å².